The summed E-state index contributed by atoms with van der Waals surface area (Å²) in [4.78, 5) is 13.6. The molecule has 1 aromatic rings. The van der Waals surface area contributed by atoms with Gasteiger partial charge in [-0.3, -0.25) is 0 Å². The Morgan fingerprint density at radius 2 is 2.24 bits per heavy atom. The second kappa shape index (κ2) is 5.19. The zero-order chi connectivity index (χ0) is 12.3. The molecule has 0 aromatic heterocycles. The number of benzene rings is 1. The van der Waals surface area contributed by atoms with Gasteiger partial charge in [-0.1, -0.05) is 24.3 Å². The second-order valence-electron chi connectivity index (χ2n) is 4.45. The van der Waals surface area contributed by atoms with Crippen molar-refractivity contribution >= 4 is 6.03 Å². The second-order valence-corrected chi connectivity index (χ2v) is 4.45. The van der Waals surface area contributed by atoms with E-state index >= 15 is 0 Å². The average Bonchev–Trinajstić information content (AvgIpc) is 2.68. The van der Waals surface area contributed by atoms with Crippen molar-refractivity contribution in [1.29, 1.82) is 0 Å². The molecule has 4 nitrogen and oxygen atoms in total. The van der Waals surface area contributed by atoms with E-state index in [4.69, 9.17) is 5.73 Å². The molecule has 1 heterocycles. The first-order valence-corrected chi connectivity index (χ1v) is 6.03. The van der Waals surface area contributed by atoms with E-state index in [1.165, 1.54) is 11.1 Å². The Morgan fingerprint density at radius 1 is 1.47 bits per heavy atom. The van der Waals surface area contributed by atoms with Gasteiger partial charge in [0, 0.05) is 13.1 Å². The lowest BCUT2D eigenvalue weighted by molar-refractivity contribution is 0.217. The summed E-state index contributed by atoms with van der Waals surface area (Å²) in [6.07, 6.45) is 0.855. The number of nitrogens with two attached hydrogens (primary N) is 1. The zero-order valence-corrected chi connectivity index (χ0v) is 10.1. The highest BCUT2D eigenvalue weighted by Gasteiger charge is 2.29. The van der Waals surface area contributed by atoms with Crippen molar-refractivity contribution in [2.45, 2.75) is 19.4 Å². The van der Waals surface area contributed by atoms with E-state index in [1.807, 2.05) is 17.0 Å². The van der Waals surface area contributed by atoms with Gasteiger partial charge >= 0.3 is 6.03 Å². The Balaban J connectivity index is 2.06. The lowest BCUT2D eigenvalue weighted by atomic mass is 10.0. The molecule has 0 radical (unpaired) electrons. The Morgan fingerprint density at radius 3 is 2.94 bits per heavy atom. The molecule has 1 aliphatic heterocycles. The minimum Gasteiger partial charge on any atom is -0.330 e. The molecule has 0 aliphatic carbocycles. The highest BCUT2D eigenvalue weighted by Crippen LogP contribution is 2.22. The van der Waals surface area contributed by atoms with Crippen LogP contribution >= 0.6 is 0 Å². The van der Waals surface area contributed by atoms with Gasteiger partial charge in [0.15, 0.2) is 0 Å². The molecule has 4 heteroatoms. The van der Waals surface area contributed by atoms with Gasteiger partial charge in [0.05, 0.1) is 6.04 Å². The average molecular weight is 233 g/mol. The minimum atomic E-state index is 0.0201. The molecule has 1 aromatic carbocycles. The van der Waals surface area contributed by atoms with Crippen LogP contribution in [0.4, 0.5) is 4.79 Å². The number of carbonyl (C=O) groups is 1. The van der Waals surface area contributed by atoms with Crippen LogP contribution in [0.3, 0.4) is 0 Å². The van der Waals surface area contributed by atoms with Gasteiger partial charge in [-0.2, -0.15) is 0 Å². The van der Waals surface area contributed by atoms with Gasteiger partial charge in [-0.25, -0.2) is 4.79 Å². The van der Waals surface area contributed by atoms with E-state index in [2.05, 4.69) is 24.4 Å². The molecule has 1 fully saturated rings. The normalized spacial score (nSPS) is 19.5. The van der Waals surface area contributed by atoms with E-state index in [1.54, 1.807) is 0 Å². The Labute approximate surface area is 102 Å². The summed E-state index contributed by atoms with van der Waals surface area (Å²) in [6, 6.07) is 8.31. The van der Waals surface area contributed by atoms with E-state index in [0.29, 0.717) is 6.54 Å². The number of hydrogen-bond acceptors (Lipinski definition) is 2. The first kappa shape index (κ1) is 11.9. The molecule has 92 valence electrons. The lowest BCUT2D eigenvalue weighted by Crippen LogP contribution is -2.30. The number of rotatable bonds is 4. The van der Waals surface area contributed by atoms with Crippen LogP contribution < -0.4 is 11.1 Å². The van der Waals surface area contributed by atoms with Crippen molar-refractivity contribution in [1.82, 2.24) is 10.2 Å². The Kier molecular flexibility index (Phi) is 3.64. The Bertz CT molecular complexity index is 405. The maximum atomic E-state index is 11.7. The van der Waals surface area contributed by atoms with Gasteiger partial charge in [0.25, 0.3) is 0 Å². The number of urea groups is 1. The van der Waals surface area contributed by atoms with Gasteiger partial charge in [0.2, 0.25) is 0 Å². The van der Waals surface area contributed by atoms with Crippen molar-refractivity contribution in [3.63, 3.8) is 0 Å². The van der Waals surface area contributed by atoms with E-state index in [-0.39, 0.29) is 12.1 Å². The maximum absolute atomic E-state index is 11.7. The molecule has 0 spiro atoms. The molecular formula is C13H19N3O. The topological polar surface area (TPSA) is 58.4 Å². The predicted molar refractivity (Wildman–Crippen MR) is 67.7 cm³/mol. The highest BCUT2D eigenvalue weighted by atomic mass is 16.2. The first-order chi connectivity index (χ1) is 8.22. The van der Waals surface area contributed by atoms with Crippen molar-refractivity contribution in [3.05, 3.63) is 35.4 Å². The van der Waals surface area contributed by atoms with Gasteiger partial charge in [0.1, 0.15) is 0 Å². The SMILES string of the molecule is Cc1ccccc1C1CN(CCCN)C(=O)N1. The quantitative estimate of drug-likeness (QED) is 0.826. The van der Waals surface area contributed by atoms with Crippen LogP contribution in [0.25, 0.3) is 0 Å². The summed E-state index contributed by atoms with van der Waals surface area (Å²) >= 11 is 0. The maximum Gasteiger partial charge on any atom is 0.318 e. The first-order valence-electron chi connectivity index (χ1n) is 6.03. The summed E-state index contributed by atoms with van der Waals surface area (Å²) in [5.41, 5.74) is 7.89. The Hall–Kier alpha value is -1.55. The van der Waals surface area contributed by atoms with Crippen LogP contribution in [0.5, 0.6) is 0 Å². The molecule has 1 atom stereocenters. The standard InChI is InChI=1S/C13H19N3O/c1-10-5-2-3-6-11(10)12-9-16(8-4-7-14)13(17)15-12/h2-3,5-6,12H,4,7-9,14H2,1H3,(H,15,17). The molecule has 1 saturated heterocycles. The third-order valence-corrected chi connectivity index (χ3v) is 3.18. The molecule has 1 unspecified atom stereocenters. The summed E-state index contributed by atoms with van der Waals surface area (Å²) in [6.45, 7) is 4.18. The molecule has 17 heavy (non-hydrogen) atoms. The van der Waals surface area contributed by atoms with Crippen LogP contribution in [-0.2, 0) is 0 Å². The van der Waals surface area contributed by atoms with E-state index in [0.717, 1.165) is 19.5 Å². The monoisotopic (exact) mass is 233 g/mol. The fourth-order valence-corrected chi connectivity index (χ4v) is 2.22. The summed E-state index contributed by atoms with van der Waals surface area (Å²) in [7, 11) is 0. The van der Waals surface area contributed by atoms with E-state index in [9.17, 15) is 4.79 Å². The minimum absolute atomic E-state index is 0.0201. The molecule has 2 rings (SSSR count). The number of amides is 2. The number of hydrogen-bond donors (Lipinski definition) is 2. The van der Waals surface area contributed by atoms with Gasteiger partial charge in [-0.15, -0.1) is 0 Å². The van der Waals surface area contributed by atoms with Crippen LogP contribution in [-0.4, -0.2) is 30.6 Å². The smallest absolute Gasteiger partial charge is 0.318 e. The number of nitrogens with zero attached hydrogens (tertiary/aromatic N) is 1. The van der Waals surface area contributed by atoms with E-state index < -0.39 is 0 Å². The summed E-state index contributed by atoms with van der Waals surface area (Å²) in [5.74, 6) is 0. The summed E-state index contributed by atoms with van der Waals surface area (Å²) in [5, 5.41) is 3.02. The predicted octanol–water partition coefficient (Wildman–Crippen LogP) is 1.41. The van der Waals surface area contributed by atoms with Crippen molar-refractivity contribution in [2.75, 3.05) is 19.6 Å². The van der Waals surface area contributed by atoms with Crippen LogP contribution in [0.15, 0.2) is 24.3 Å². The van der Waals surface area contributed by atoms with Gasteiger partial charge < -0.3 is 16.0 Å². The number of nitrogens with one attached hydrogen (secondary N) is 1. The molecule has 1 aliphatic rings. The lowest BCUT2D eigenvalue weighted by Gasteiger charge is -2.14. The van der Waals surface area contributed by atoms with Crippen molar-refractivity contribution in [2.24, 2.45) is 5.73 Å². The number of carbonyl (C=O) groups excluding carboxylic acids is 1. The molecule has 0 saturated carbocycles. The molecule has 2 amide bonds. The fraction of sp³-hybridized carbons (Fsp3) is 0.462. The highest BCUT2D eigenvalue weighted by molar-refractivity contribution is 5.77. The molecule has 3 N–H and O–H groups in total. The van der Waals surface area contributed by atoms with Crippen LogP contribution in [0.2, 0.25) is 0 Å². The third-order valence-electron chi connectivity index (χ3n) is 3.18. The van der Waals surface area contributed by atoms with Gasteiger partial charge in [-0.05, 0) is 31.0 Å². The zero-order valence-electron chi connectivity index (χ0n) is 10.1. The van der Waals surface area contributed by atoms with Crippen molar-refractivity contribution in [3.8, 4) is 0 Å². The van der Waals surface area contributed by atoms with Crippen LogP contribution in [0.1, 0.15) is 23.6 Å². The third kappa shape index (κ3) is 2.58. The molecule has 0 bridgehead atoms. The largest absolute Gasteiger partial charge is 0.330 e. The fourth-order valence-electron chi connectivity index (χ4n) is 2.22. The summed E-state index contributed by atoms with van der Waals surface area (Å²) < 4.78 is 0. The number of aryl methyl sites for hydroxylation is 1. The molecular weight excluding hydrogens is 214 g/mol. The van der Waals surface area contributed by atoms with Crippen LogP contribution in [0, 0.1) is 6.92 Å². The van der Waals surface area contributed by atoms with Crippen molar-refractivity contribution < 1.29 is 4.79 Å².